The minimum Gasteiger partial charge on any atom is -0.465 e. The molecule has 0 saturated heterocycles. The number of methoxy groups -OCH3 is 1. The van der Waals surface area contributed by atoms with E-state index in [4.69, 9.17) is 16.3 Å². The van der Waals surface area contributed by atoms with Crippen molar-refractivity contribution < 1.29 is 14.3 Å². The zero-order chi connectivity index (χ0) is 19.2. The van der Waals surface area contributed by atoms with Gasteiger partial charge in [-0.3, -0.25) is 4.79 Å². The van der Waals surface area contributed by atoms with Gasteiger partial charge in [0.2, 0.25) is 5.91 Å². The van der Waals surface area contributed by atoms with Crippen molar-refractivity contribution in [2.24, 2.45) is 5.92 Å². The second-order valence-electron chi connectivity index (χ2n) is 6.94. The summed E-state index contributed by atoms with van der Waals surface area (Å²) < 4.78 is 4.95. The zero-order valence-corrected chi connectivity index (χ0v) is 17.0. The normalized spacial score (nSPS) is 14.7. The highest BCUT2D eigenvalue weighted by molar-refractivity contribution is 7.15. The van der Waals surface area contributed by atoms with Gasteiger partial charge in [-0.15, -0.1) is 11.3 Å². The summed E-state index contributed by atoms with van der Waals surface area (Å²) in [5.41, 5.74) is 2.00. The van der Waals surface area contributed by atoms with Crippen molar-refractivity contribution in [1.82, 2.24) is 0 Å². The van der Waals surface area contributed by atoms with Crippen LogP contribution in [0.2, 0.25) is 5.02 Å². The molecule has 0 unspecified atom stereocenters. The Morgan fingerprint density at radius 3 is 2.56 bits per heavy atom. The molecule has 0 atom stereocenters. The van der Waals surface area contributed by atoms with Gasteiger partial charge in [0.15, 0.2) is 0 Å². The lowest BCUT2D eigenvalue weighted by Crippen LogP contribution is -2.16. The van der Waals surface area contributed by atoms with Gasteiger partial charge in [0.1, 0.15) is 10.6 Å². The molecule has 3 rings (SSSR count). The standard InChI is InChI=1S/C21H24ClNO3S/c1-26-21(25)19-17(15-8-10-16(22)11-9-15)13-27-20(19)23-18(24)12-7-14-5-3-2-4-6-14/h8-11,13-14H,2-7,12H2,1H3,(H,23,24). The highest BCUT2D eigenvalue weighted by Crippen LogP contribution is 2.37. The second-order valence-corrected chi connectivity index (χ2v) is 8.26. The first-order chi connectivity index (χ1) is 13.1. The number of esters is 1. The lowest BCUT2D eigenvalue weighted by atomic mass is 9.86. The van der Waals surface area contributed by atoms with Crippen LogP contribution >= 0.6 is 22.9 Å². The first-order valence-electron chi connectivity index (χ1n) is 9.34. The van der Waals surface area contributed by atoms with E-state index in [1.54, 1.807) is 12.1 Å². The second kappa shape index (κ2) is 9.38. The van der Waals surface area contributed by atoms with Crippen LogP contribution in [0.3, 0.4) is 0 Å². The van der Waals surface area contributed by atoms with Crippen molar-refractivity contribution in [3.05, 3.63) is 40.2 Å². The summed E-state index contributed by atoms with van der Waals surface area (Å²) in [6, 6.07) is 7.26. The summed E-state index contributed by atoms with van der Waals surface area (Å²) in [6.45, 7) is 0. The maximum atomic E-state index is 12.4. The van der Waals surface area contributed by atoms with Crippen molar-refractivity contribution in [1.29, 1.82) is 0 Å². The van der Waals surface area contributed by atoms with E-state index in [-0.39, 0.29) is 5.91 Å². The highest BCUT2D eigenvalue weighted by atomic mass is 35.5. The molecule has 2 aromatic rings. The van der Waals surface area contributed by atoms with Gasteiger partial charge in [-0.2, -0.15) is 0 Å². The molecule has 0 radical (unpaired) electrons. The van der Waals surface area contributed by atoms with Gasteiger partial charge in [0.25, 0.3) is 0 Å². The Morgan fingerprint density at radius 1 is 1.19 bits per heavy atom. The van der Waals surface area contributed by atoms with E-state index in [0.29, 0.717) is 27.9 Å². The minimum atomic E-state index is -0.455. The maximum Gasteiger partial charge on any atom is 0.341 e. The third kappa shape index (κ3) is 5.11. The van der Waals surface area contributed by atoms with E-state index in [9.17, 15) is 9.59 Å². The van der Waals surface area contributed by atoms with Crippen LogP contribution in [0.15, 0.2) is 29.6 Å². The Morgan fingerprint density at radius 2 is 1.89 bits per heavy atom. The number of amides is 1. The largest absolute Gasteiger partial charge is 0.465 e. The number of benzene rings is 1. The predicted molar refractivity (Wildman–Crippen MR) is 111 cm³/mol. The van der Waals surface area contributed by atoms with E-state index in [1.165, 1.54) is 50.6 Å². The molecular formula is C21H24ClNO3S. The first-order valence-corrected chi connectivity index (χ1v) is 10.6. The minimum absolute atomic E-state index is 0.0461. The summed E-state index contributed by atoms with van der Waals surface area (Å²) in [4.78, 5) is 24.8. The molecule has 1 N–H and O–H groups in total. The van der Waals surface area contributed by atoms with Crippen LogP contribution in [-0.2, 0) is 9.53 Å². The van der Waals surface area contributed by atoms with Crippen molar-refractivity contribution in [3.63, 3.8) is 0 Å². The van der Waals surface area contributed by atoms with Gasteiger partial charge < -0.3 is 10.1 Å². The van der Waals surface area contributed by atoms with Crippen molar-refractivity contribution in [2.75, 3.05) is 12.4 Å². The molecule has 1 amide bonds. The number of carbonyl (C=O) groups excluding carboxylic acids is 2. The van der Waals surface area contributed by atoms with E-state index in [0.717, 1.165) is 17.5 Å². The van der Waals surface area contributed by atoms with Crippen LogP contribution in [0.25, 0.3) is 11.1 Å². The third-order valence-corrected chi connectivity index (χ3v) is 6.24. The molecular weight excluding hydrogens is 382 g/mol. The number of halogens is 1. The van der Waals surface area contributed by atoms with Crippen molar-refractivity contribution >= 4 is 39.8 Å². The molecule has 0 aliphatic heterocycles. The van der Waals surface area contributed by atoms with Gasteiger partial charge >= 0.3 is 5.97 Å². The van der Waals surface area contributed by atoms with Crippen LogP contribution in [-0.4, -0.2) is 19.0 Å². The Hall–Kier alpha value is -1.85. The molecule has 27 heavy (non-hydrogen) atoms. The fourth-order valence-electron chi connectivity index (χ4n) is 3.60. The Balaban J connectivity index is 1.73. The highest BCUT2D eigenvalue weighted by Gasteiger charge is 2.23. The predicted octanol–water partition coefficient (Wildman–Crippen LogP) is 6.15. The van der Waals surface area contributed by atoms with Gasteiger partial charge in [0, 0.05) is 22.4 Å². The zero-order valence-electron chi connectivity index (χ0n) is 15.4. The summed E-state index contributed by atoms with van der Waals surface area (Å²) >= 11 is 7.30. The lowest BCUT2D eigenvalue weighted by molar-refractivity contribution is -0.116. The Kier molecular flexibility index (Phi) is 6.91. The monoisotopic (exact) mass is 405 g/mol. The molecule has 1 aliphatic rings. The number of carbonyl (C=O) groups is 2. The first kappa shape index (κ1) is 19.9. The molecule has 1 aromatic heterocycles. The van der Waals surface area contributed by atoms with Gasteiger partial charge in [-0.05, 0) is 30.0 Å². The number of rotatable bonds is 6. The lowest BCUT2D eigenvalue weighted by Gasteiger charge is -2.20. The smallest absolute Gasteiger partial charge is 0.341 e. The molecule has 1 aliphatic carbocycles. The summed E-state index contributed by atoms with van der Waals surface area (Å²) in [5.74, 6) is 0.150. The summed E-state index contributed by atoms with van der Waals surface area (Å²) in [7, 11) is 1.35. The number of hydrogen-bond donors (Lipinski definition) is 1. The molecule has 4 nitrogen and oxygen atoms in total. The molecule has 1 fully saturated rings. The van der Waals surface area contributed by atoms with Crippen LogP contribution in [0.1, 0.15) is 55.3 Å². The molecule has 6 heteroatoms. The fraction of sp³-hybridized carbons (Fsp3) is 0.429. The van der Waals surface area contributed by atoms with Crippen LogP contribution < -0.4 is 5.32 Å². The molecule has 0 spiro atoms. The van der Waals surface area contributed by atoms with Crippen LogP contribution in [0, 0.1) is 5.92 Å². The average Bonchev–Trinajstić information content (AvgIpc) is 3.10. The molecule has 1 aromatic carbocycles. The number of hydrogen-bond acceptors (Lipinski definition) is 4. The van der Waals surface area contributed by atoms with Crippen LogP contribution in [0.4, 0.5) is 5.00 Å². The van der Waals surface area contributed by atoms with Crippen LogP contribution in [0.5, 0.6) is 0 Å². The average molecular weight is 406 g/mol. The molecule has 144 valence electrons. The number of nitrogens with one attached hydrogen (secondary N) is 1. The van der Waals surface area contributed by atoms with Gasteiger partial charge in [-0.25, -0.2) is 4.79 Å². The van der Waals surface area contributed by atoms with Crippen molar-refractivity contribution in [2.45, 2.75) is 44.9 Å². The molecule has 1 heterocycles. The quantitative estimate of drug-likeness (QED) is 0.586. The third-order valence-electron chi connectivity index (χ3n) is 5.09. The maximum absolute atomic E-state index is 12.4. The molecule has 0 bridgehead atoms. The number of ether oxygens (including phenoxy) is 1. The van der Waals surface area contributed by atoms with E-state index in [1.807, 2.05) is 17.5 Å². The van der Waals surface area contributed by atoms with E-state index in [2.05, 4.69) is 5.32 Å². The SMILES string of the molecule is COC(=O)c1c(-c2ccc(Cl)cc2)csc1NC(=O)CCC1CCCCC1. The van der Waals surface area contributed by atoms with Gasteiger partial charge in [0.05, 0.1) is 7.11 Å². The number of anilines is 1. The van der Waals surface area contributed by atoms with E-state index < -0.39 is 5.97 Å². The number of thiophene rings is 1. The van der Waals surface area contributed by atoms with Gasteiger partial charge in [-0.1, -0.05) is 55.8 Å². The Bertz CT molecular complexity index is 794. The van der Waals surface area contributed by atoms with E-state index >= 15 is 0 Å². The molecule has 1 saturated carbocycles. The summed E-state index contributed by atoms with van der Waals surface area (Å²) in [5, 5.41) is 5.96. The van der Waals surface area contributed by atoms with Crippen molar-refractivity contribution in [3.8, 4) is 11.1 Å². The Labute approximate surface area is 168 Å². The summed E-state index contributed by atoms with van der Waals surface area (Å²) in [6.07, 6.45) is 7.70. The topological polar surface area (TPSA) is 55.4 Å². The fourth-order valence-corrected chi connectivity index (χ4v) is 4.70.